The lowest BCUT2D eigenvalue weighted by Crippen LogP contribution is -2.46. The van der Waals surface area contributed by atoms with Gasteiger partial charge in [0.25, 0.3) is 5.91 Å². The van der Waals surface area contributed by atoms with E-state index in [4.69, 9.17) is 4.74 Å². The second kappa shape index (κ2) is 11.3. The van der Waals surface area contributed by atoms with Gasteiger partial charge in [0.05, 0.1) is 6.10 Å². The van der Waals surface area contributed by atoms with Gasteiger partial charge >= 0.3 is 0 Å². The van der Waals surface area contributed by atoms with Gasteiger partial charge in [0.1, 0.15) is 6.10 Å². The maximum absolute atomic E-state index is 12.8. The van der Waals surface area contributed by atoms with Crippen LogP contribution in [0, 0.1) is 11.8 Å². The number of piperidine rings is 1. The molecule has 2 rings (SSSR count). The molecule has 1 saturated heterocycles. The van der Waals surface area contributed by atoms with Crippen molar-refractivity contribution in [3.05, 3.63) is 0 Å². The summed E-state index contributed by atoms with van der Waals surface area (Å²) in [6.07, 6.45) is 7.89. The van der Waals surface area contributed by atoms with Gasteiger partial charge in [-0.1, -0.05) is 33.6 Å². The van der Waals surface area contributed by atoms with Gasteiger partial charge in [0, 0.05) is 13.1 Å². The number of likely N-dealkylation sites (tertiary alicyclic amines) is 1. The summed E-state index contributed by atoms with van der Waals surface area (Å²) in [6, 6.07) is 0. The molecule has 4 nitrogen and oxygen atoms in total. The molecule has 2 aliphatic rings. The highest BCUT2D eigenvalue weighted by molar-refractivity contribution is 5.85. The Kier molecular flexibility index (Phi) is 10.3. The normalized spacial score (nSPS) is 26.7. The first-order valence-corrected chi connectivity index (χ1v) is 9.78. The van der Waals surface area contributed by atoms with Crippen LogP contribution in [0.15, 0.2) is 0 Å². The van der Waals surface area contributed by atoms with E-state index in [1.165, 1.54) is 12.8 Å². The summed E-state index contributed by atoms with van der Waals surface area (Å²) in [4.78, 5) is 14.8. The van der Waals surface area contributed by atoms with Crippen LogP contribution in [0.2, 0.25) is 0 Å². The van der Waals surface area contributed by atoms with Crippen LogP contribution in [-0.2, 0) is 9.53 Å². The highest BCUT2D eigenvalue weighted by Gasteiger charge is 2.30. The van der Waals surface area contributed by atoms with E-state index in [1.54, 1.807) is 0 Å². The zero-order chi connectivity index (χ0) is 16.7. The minimum absolute atomic E-state index is 0. The maximum Gasteiger partial charge on any atom is 0.251 e. The third-order valence-corrected chi connectivity index (χ3v) is 5.50. The van der Waals surface area contributed by atoms with E-state index in [2.05, 4.69) is 26.1 Å². The van der Waals surface area contributed by atoms with Crippen molar-refractivity contribution in [2.75, 3.05) is 26.2 Å². The number of nitrogens with one attached hydrogen (secondary N) is 1. The number of carbonyl (C=O) groups is 1. The van der Waals surface area contributed by atoms with Crippen LogP contribution in [0.5, 0.6) is 0 Å². The van der Waals surface area contributed by atoms with E-state index in [0.29, 0.717) is 6.10 Å². The molecule has 0 spiro atoms. The topological polar surface area (TPSA) is 41.6 Å². The fourth-order valence-corrected chi connectivity index (χ4v) is 3.97. The van der Waals surface area contributed by atoms with Crippen LogP contribution in [-0.4, -0.2) is 49.2 Å². The molecule has 0 radical (unpaired) electrons. The standard InChI is InChI=1S/C19H36N2O2.ClH/c1-4-18(23-17-8-6-7-15(3)13-17)19(22)21-11-9-16(10-12-21)14-20-5-2;/h15-18,20H,4-14H2,1-3H3;1H. The smallest absolute Gasteiger partial charge is 0.251 e. The third kappa shape index (κ3) is 6.53. The van der Waals surface area contributed by atoms with E-state index >= 15 is 0 Å². The lowest BCUT2D eigenvalue weighted by molar-refractivity contribution is -0.151. The van der Waals surface area contributed by atoms with Gasteiger partial charge in [-0.2, -0.15) is 0 Å². The number of hydrogen-bond donors (Lipinski definition) is 1. The monoisotopic (exact) mass is 360 g/mol. The Bertz CT molecular complexity index is 359. The number of ether oxygens (including phenoxy) is 1. The van der Waals surface area contributed by atoms with Crippen LogP contribution in [0.25, 0.3) is 0 Å². The van der Waals surface area contributed by atoms with Crippen molar-refractivity contribution in [3.8, 4) is 0 Å². The zero-order valence-electron chi connectivity index (χ0n) is 15.8. The van der Waals surface area contributed by atoms with E-state index in [1.807, 2.05) is 4.90 Å². The Hall–Kier alpha value is -0.320. The number of halogens is 1. The lowest BCUT2D eigenvalue weighted by Gasteiger charge is -2.36. The van der Waals surface area contributed by atoms with Crippen LogP contribution in [0.1, 0.15) is 65.7 Å². The van der Waals surface area contributed by atoms with Crippen molar-refractivity contribution in [2.24, 2.45) is 11.8 Å². The van der Waals surface area contributed by atoms with Crippen LogP contribution in [0.4, 0.5) is 0 Å². The summed E-state index contributed by atoms with van der Waals surface area (Å²) in [7, 11) is 0. The van der Waals surface area contributed by atoms with Gasteiger partial charge in [-0.05, 0) is 57.0 Å². The molecule has 1 N–H and O–H groups in total. The number of rotatable bonds is 7. The second-order valence-electron chi connectivity index (χ2n) is 7.50. The molecule has 1 aliphatic carbocycles. The molecule has 1 saturated carbocycles. The summed E-state index contributed by atoms with van der Waals surface area (Å²) >= 11 is 0. The highest BCUT2D eigenvalue weighted by atomic mass is 35.5. The summed E-state index contributed by atoms with van der Waals surface area (Å²) in [5, 5.41) is 3.43. The van der Waals surface area contributed by atoms with E-state index < -0.39 is 0 Å². The zero-order valence-corrected chi connectivity index (χ0v) is 16.6. The SMILES string of the molecule is CCNCC1CCN(C(=O)C(CC)OC2CCCC(C)C2)CC1.Cl. The van der Waals surface area contributed by atoms with E-state index in [9.17, 15) is 4.79 Å². The Morgan fingerprint density at radius 1 is 1.21 bits per heavy atom. The first-order chi connectivity index (χ1) is 11.1. The average molecular weight is 361 g/mol. The Balaban J connectivity index is 0.00000288. The van der Waals surface area contributed by atoms with Crippen molar-refractivity contribution in [3.63, 3.8) is 0 Å². The third-order valence-electron chi connectivity index (χ3n) is 5.50. The Morgan fingerprint density at radius 3 is 2.50 bits per heavy atom. The molecule has 0 aromatic carbocycles. The fraction of sp³-hybridized carbons (Fsp3) is 0.947. The van der Waals surface area contributed by atoms with Crippen LogP contribution >= 0.6 is 12.4 Å². The minimum Gasteiger partial charge on any atom is -0.365 e. The molecule has 0 aromatic heterocycles. The largest absolute Gasteiger partial charge is 0.365 e. The molecule has 3 atom stereocenters. The average Bonchev–Trinajstić information content (AvgIpc) is 2.58. The minimum atomic E-state index is -0.226. The van der Waals surface area contributed by atoms with Gasteiger partial charge in [-0.15, -0.1) is 12.4 Å². The van der Waals surface area contributed by atoms with Gasteiger partial charge in [0.15, 0.2) is 0 Å². The molecular weight excluding hydrogens is 324 g/mol. The van der Waals surface area contributed by atoms with Gasteiger partial charge in [-0.3, -0.25) is 4.79 Å². The summed E-state index contributed by atoms with van der Waals surface area (Å²) in [6.45, 7) is 10.4. The molecule has 2 fully saturated rings. The molecule has 5 heteroatoms. The first-order valence-electron chi connectivity index (χ1n) is 9.78. The van der Waals surface area contributed by atoms with Crippen molar-refractivity contribution in [1.29, 1.82) is 0 Å². The van der Waals surface area contributed by atoms with Crippen molar-refractivity contribution >= 4 is 18.3 Å². The van der Waals surface area contributed by atoms with E-state index in [0.717, 1.165) is 70.1 Å². The van der Waals surface area contributed by atoms with Crippen molar-refractivity contribution < 1.29 is 9.53 Å². The second-order valence-corrected chi connectivity index (χ2v) is 7.50. The Morgan fingerprint density at radius 2 is 1.92 bits per heavy atom. The molecule has 1 aliphatic heterocycles. The number of amides is 1. The number of nitrogens with zero attached hydrogens (tertiary/aromatic N) is 1. The Labute approximate surface area is 154 Å². The predicted octanol–water partition coefficient (Wildman–Crippen LogP) is 3.63. The predicted molar refractivity (Wildman–Crippen MR) is 102 cm³/mol. The molecule has 0 bridgehead atoms. The molecular formula is C19H37ClN2O2. The van der Waals surface area contributed by atoms with Gasteiger partial charge in [0.2, 0.25) is 0 Å². The van der Waals surface area contributed by atoms with Crippen LogP contribution < -0.4 is 5.32 Å². The summed E-state index contributed by atoms with van der Waals surface area (Å²) in [5.74, 6) is 1.69. The van der Waals surface area contributed by atoms with Crippen molar-refractivity contribution in [1.82, 2.24) is 10.2 Å². The maximum atomic E-state index is 12.8. The van der Waals surface area contributed by atoms with Gasteiger partial charge < -0.3 is 15.0 Å². The van der Waals surface area contributed by atoms with E-state index in [-0.39, 0.29) is 24.4 Å². The lowest BCUT2D eigenvalue weighted by atomic mass is 9.88. The molecule has 142 valence electrons. The number of carbonyl (C=O) groups excluding carboxylic acids is 1. The van der Waals surface area contributed by atoms with Gasteiger partial charge in [-0.25, -0.2) is 0 Å². The van der Waals surface area contributed by atoms with Crippen LogP contribution in [0.3, 0.4) is 0 Å². The first kappa shape index (κ1) is 21.7. The molecule has 1 amide bonds. The molecule has 3 unspecified atom stereocenters. The fourth-order valence-electron chi connectivity index (χ4n) is 3.97. The van der Waals surface area contributed by atoms with Crippen molar-refractivity contribution in [2.45, 2.75) is 77.9 Å². The molecule has 24 heavy (non-hydrogen) atoms. The number of hydrogen-bond acceptors (Lipinski definition) is 3. The molecule has 1 heterocycles. The molecule has 0 aromatic rings. The summed E-state index contributed by atoms with van der Waals surface area (Å²) < 4.78 is 6.21. The summed E-state index contributed by atoms with van der Waals surface area (Å²) in [5.41, 5.74) is 0. The highest BCUT2D eigenvalue weighted by Crippen LogP contribution is 2.27. The quantitative estimate of drug-likeness (QED) is 0.753.